The molecule has 37 heavy (non-hydrogen) atoms. The van der Waals surface area contributed by atoms with Crippen LogP contribution in [0.4, 0.5) is 26.3 Å². The number of imidazole rings is 1. The van der Waals surface area contributed by atoms with Gasteiger partial charge in [-0.1, -0.05) is 6.92 Å². The van der Waals surface area contributed by atoms with Crippen molar-refractivity contribution < 1.29 is 31.1 Å². The summed E-state index contributed by atoms with van der Waals surface area (Å²) in [5, 5.41) is 4.64. The Balaban J connectivity index is 1.41. The summed E-state index contributed by atoms with van der Waals surface area (Å²) < 4.78 is 86.0. The summed E-state index contributed by atoms with van der Waals surface area (Å²) in [5.41, 5.74) is -3.38. The Kier molecular flexibility index (Phi) is 6.46. The molecule has 0 spiro atoms. The lowest BCUT2D eigenvalue weighted by Gasteiger charge is -2.21. The van der Waals surface area contributed by atoms with E-state index < -0.39 is 29.6 Å². The lowest BCUT2D eigenvalue weighted by molar-refractivity contribution is -0.148. The van der Waals surface area contributed by atoms with Crippen LogP contribution in [0.2, 0.25) is 0 Å². The molecule has 5 heterocycles. The number of halogens is 6. The van der Waals surface area contributed by atoms with E-state index in [0.29, 0.717) is 36.9 Å². The molecule has 3 aromatic rings. The maximum absolute atomic E-state index is 13.2. The Morgan fingerprint density at radius 2 is 1.70 bits per heavy atom. The molecule has 0 aromatic carbocycles. The number of rotatable bonds is 4. The molecule has 5 rings (SSSR count). The molecule has 2 atom stereocenters. The Bertz CT molecular complexity index is 1310. The Labute approximate surface area is 205 Å². The number of alkyl halides is 6. The molecule has 0 saturated carbocycles. The van der Waals surface area contributed by atoms with E-state index >= 15 is 0 Å². The first-order valence-corrected chi connectivity index (χ1v) is 11.7. The first-order chi connectivity index (χ1) is 17.4. The summed E-state index contributed by atoms with van der Waals surface area (Å²) in [6.45, 7) is 3.28. The van der Waals surface area contributed by atoms with E-state index in [0.717, 1.165) is 12.8 Å². The van der Waals surface area contributed by atoms with Gasteiger partial charge in [-0.15, -0.1) is 0 Å². The zero-order valence-electron chi connectivity index (χ0n) is 19.6. The predicted octanol–water partition coefficient (Wildman–Crippen LogP) is 3.37. The van der Waals surface area contributed by atoms with Crippen molar-refractivity contribution in [3.8, 4) is 0 Å². The molecule has 1 N–H and O–H groups in total. The van der Waals surface area contributed by atoms with E-state index in [2.05, 4.69) is 25.0 Å². The maximum atomic E-state index is 13.2. The summed E-state index contributed by atoms with van der Waals surface area (Å²) in [4.78, 5) is 28.3. The fourth-order valence-corrected chi connectivity index (χ4v) is 4.94. The zero-order valence-corrected chi connectivity index (χ0v) is 19.6. The maximum Gasteiger partial charge on any atom is 0.433 e. The van der Waals surface area contributed by atoms with Gasteiger partial charge in [0.25, 0.3) is 5.56 Å². The monoisotopic (exact) mass is 531 g/mol. The summed E-state index contributed by atoms with van der Waals surface area (Å²) in [7, 11) is 0. The van der Waals surface area contributed by atoms with Gasteiger partial charge in [-0.05, 0) is 24.8 Å². The zero-order chi connectivity index (χ0) is 26.5. The van der Waals surface area contributed by atoms with Crippen LogP contribution < -0.4 is 5.56 Å². The Morgan fingerprint density at radius 1 is 1.05 bits per heavy atom. The highest BCUT2D eigenvalue weighted by molar-refractivity contribution is 5.42. The SMILES string of the molecule is CC1CN(Cc2nc(C(F)(F)F)cc(C(F)(F)F)n2)CC1c1nn2c(C3CCOCC3)ncc2c(=O)[nH]1. The highest BCUT2D eigenvalue weighted by atomic mass is 19.4. The Morgan fingerprint density at radius 3 is 2.32 bits per heavy atom. The van der Waals surface area contributed by atoms with Crippen LogP contribution in [0.15, 0.2) is 17.1 Å². The molecule has 2 fully saturated rings. The molecule has 2 unspecified atom stereocenters. The van der Waals surface area contributed by atoms with E-state index in [1.165, 1.54) is 10.7 Å². The fourth-order valence-electron chi connectivity index (χ4n) is 4.94. The second-order valence-corrected chi connectivity index (χ2v) is 9.47. The van der Waals surface area contributed by atoms with Crippen LogP contribution in [-0.4, -0.2) is 60.8 Å². The topological polar surface area (TPSA) is 101 Å². The summed E-state index contributed by atoms with van der Waals surface area (Å²) in [5.74, 6) is 0.100. The van der Waals surface area contributed by atoms with Gasteiger partial charge in [0.05, 0.1) is 12.7 Å². The van der Waals surface area contributed by atoms with Crippen molar-refractivity contribution in [2.24, 2.45) is 5.92 Å². The molecular weight excluding hydrogens is 508 g/mol. The van der Waals surface area contributed by atoms with Crippen LogP contribution in [-0.2, 0) is 23.6 Å². The van der Waals surface area contributed by atoms with Crippen LogP contribution in [0.3, 0.4) is 0 Å². The standard InChI is InChI=1S/C22H23F6N7O2/c1-11-8-34(10-17-30-15(21(23,24)25)6-16(31-17)22(26,27)28)9-13(11)18-32-20(36)14-7-29-19(35(14)33-18)12-2-4-37-5-3-12/h6-7,11-13H,2-5,8-10H2,1H3,(H,32,33,36). The van der Waals surface area contributed by atoms with E-state index in [1.54, 1.807) is 4.90 Å². The smallest absolute Gasteiger partial charge is 0.381 e. The van der Waals surface area contributed by atoms with Crippen molar-refractivity contribution in [3.05, 3.63) is 51.5 Å². The molecule has 15 heteroatoms. The van der Waals surface area contributed by atoms with Crippen molar-refractivity contribution in [2.45, 2.75) is 50.5 Å². The Hall–Kier alpha value is -3.07. The van der Waals surface area contributed by atoms with Crippen molar-refractivity contribution in [2.75, 3.05) is 26.3 Å². The van der Waals surface area contributed by atoms with Crippen LogP contribution in [0.25, 0.3) is 5.52 Å². The number of aromatic amines is 1. The van der Waals surface area contributed by atoms with Crippen molar-refractivity contribution in [1.29, 1.82) is 0 Å². The highest BCUT2D eigenvalue weighted by Crippen LogP contribution is 2.35. The number of likely N-dealkylation sites (tertiary alicyclic amines) is 1. The largest absolute Gasteiger partial charge is 0.433 e. The van der Waals surface area contributed by atoms with Gasteiger partial charge in [0.1, 0.15) is 28.9 Å². The minimum atomic E-state index is -5.05. The number of ether oxygens (including phenoxy) is 1. The van der Waals surface area contributed by atoms with Crippen LogP contribution in [0, 0.1) is 5.92 Å². The number of fused-ring (bicyclic) bond motifs is 1. The molecule has 0 bridgehead atoms. The number of nitrogens with one attached hydrogen (secondary N) is 1. The predicted molar refractivity (Wildman–Crippen MR) is 116 cm³/mol. The quantitative estimate of drug-likeness (QED) is 0.516. The molecule has 0 aliphatic carbocycles. The lowest BCUT2D eigenvalue weighted by Crippen LogP contribution is -2.25. The van der Waals surface area contributed by atoms with E-state index in [-0.39, 0.29) is 42.5 Å². The number of hydrogen-bond donors (Lipinski definition) is 1. The molecular formula is C22H23F6N7O2. The minimum Gasteiger partial charge on any atom is -0.381 e. The first-order valence-electron chi connectivity index (χ1n) is 11.7. The molecule has 9 nitrogen and oxygen atoms in total. The third-order valence-corrected chi connectivity index (χ3v) is 6.79. The number of aromatic nitrogens is 6. The molecule has 2 saturated heterocycles. The van der Waals surface area contributed by atoms with E-state index in [1.807, 2.05) is 6.92 Å². The highest BCUT2D eigenvalue weighted by Gasteiger charge is 2.40. The van der Waals surface area contributed by atoms with Crippen molar-refractivity contribution in [1.82, 2.24) is 34.4 Å². The summed E-state index contributed by atoms with van der Waals surface area (Å²) >= 11 is 0. The van der Waals surface area contributed by atoms with Gasteiger partial charge in [-0.3, -0.25) is 9.69 Å². The molecule has 2 aliphatic heterocycles. The molecule has 200 valence electrons. The second-order valence-electron chi connectivity index (χ2n) is 9.47. The summed E-state index contributed by atoms with van der Waals surface area (Å²) in [6.07, 6.45) is -7.15. The fraction of sp³-hybridized carbons (Fsp3) is 0.591. The minimum absolute atomic E-state index is 0.0804. The average molecular weight is 531 g/mol. The van der Waals surface area contributed by atoms with Gasteiger partial charge in [0.15, 0.2) is 5.52 Å². The number of nitrogens with zero attached hydrogens (tertiary/aromatic N) is 6. The molecule has 0 radical (unpaired) electrons. The van der Waals surface area contributed by atoms with Crippen LogP contribution in [0.1, 0.15) is 60.5 Å². The molecule has 0 amide bonds. The van der Waals surface area contributed by atoms with E-state index in [9.17, 15) is 31.1 Å². The number of H-pyrrole nitrogens is 1. The summed E-state index contributed by atoms with van der Waals surface area (Å²) in [6, 6.07) is -0.0933. The second kappa shape index (κ2) is 9.35. The van der Waals surface area contributed by atoms with Crippen LogP contribution >= 0.6 is 0 Å². The van der Waals surface area contributed by atoms with Crippen LogP contribution in [0.5, 0.6) is 0 Å². The third-order valence-electron chi connectivity index (χ3n) is 6.79. The lowest BCUT2D eigenvalue weighted by atomic mass is 9.97. The van der Waals surface area contributed by atoms with E-state index in [4.69, 9.17) is 4.74 Å². The first kappa shape index (κ1) is 25.6. The molecule has 2 aliphatic rings. The third kappa shape index (κ3) is 5.19. The van der Waals surface area contributed by atoms with Gasteiger partial charge in [-0.2, -0.15) is 31.4 Å². The average Bonchev–Trinajstić information content (AvgIpc) is 3.42. The number of hydrogen-bond acceptors (Lipinski definition) is 7. The molecule has 3 aromatic heterocycles. The van der Waals surface area contributed by atoms with Gasteiger partial charge in [0.2, 0.25) is 0 Å². The van der Waals surface area contributed by atoms with Gasteiger partial charge >= 0.3 is 12.4 Å². The van der Waals surface area contributed by atoms with Gasteiger partial charge in [-0.25, -0.2) is 19.5 Å². The van der Waals surface area contributed by atoms with Crippen molar-refractivity contribution >= 4 is 5.52 Å². The van der Waals surface area contributed by atoms with Crippen molar-refractivity contribution in [3.63, 3.8) is 0 Å². The van der Waals surface area contributed by atoms with Gasteiger partial charge in [0, 0.05) is 38.1 Å². The normalized spacial score (nSPS) is 22.2. The van der Waals surface area contributed by atoms with Gasteiger partial charge < -0.3 is 9.72 Å².